The van der Waals surface area contributed by atoms with Crippen molar-refractivity contribution in [3.05, 3.63) is 77.2 Å². The standard InChI is InChI=1S/C22H24N2O2S/c1-16-7-6-10-19(13-16)22-24-20(17(2)26-22)14-27-15-21(25)23-12-11-18-8-4-3-5-9-18/h3-10,13H,11-12,14-15H2,1-2H3,(H,23,25). The third-order valence-electron chi connectivity index (χ3n) is 4.21. The number of hydrogen-bond acceptors (Lipinski definition) is 4. The third-order valence-corrected chi connectivity index (χ3v) is 5.15. The molecule has 140 valence electrons. The van der Waals surface area contributed by atoms with Crippen molar-refractivity contribution in [3.8, 4) is 11.5 Å². The van der Waals surface area contributed by atoms with E-state index in [1.807, 2.05) is 50.2 Å². The Morgan fingerprint density at radius 2 is 1.93 bits per heavy atom. The number of benzene rings is 2. The van der Waals surface area contributed by atoms with Crippen molar-refractivity contribution in [2.75, 3.05) is 12.3 Å². The van der Waals surface area contributed by atoms with Crippen molar-refractivity contribution in [2.24, 2.45) is 0 Å². The summed E-state index contributed by atoms with van der Waals surface area (Å²) in [7, 11) is 0. The van der Waals surface area contributed by atoms with E-state index in [-0.39, 0.29) is 5.91 Å². The van der Waals surface area contributed by atoms with E-state index in [0.29, 0.717) is 23.9 Å². The number of hydrogen-bond donors (Lipinski definition) is 1. The van der Waals surface area contributed by atoms with Crippen LogP contribution in [-0.4, -0.2) is 23.2 Å². The molecule has 0 aliphatic heterocycles. The molecule has 0 aliphatic rings. The van der Waals surface area contributed by atoms with E-state index in [1.54, 1.807) is 11.8 Å². The molecule has 4 nitrogen and oxygen atoms in total. The van der Waals surface area contributed by atoms with Gasteiger partial charge in [-0.05, 0) is 38.0 Å². The van der Waals surface area contributed by atoms with Crippen LogP contribution < -0.4 is 5.32 Å². The summed E-state index contributed by atoms with van der Waals surface area (Å²) in [5, 5.41) is 2.97. The van der Waals surface area contributed by atoms with E-state index in [0.717, 1.165) is 23.4 Å². The van der Waals surface area contributed by atoms with Gasteiger partial charge in [0.25, 0.3) is 0 Å². The van der Waals surface area contributed by atoms with E-state index < -0.39 is 0 Å². The number of oxazole rings is 1. The molecular weight excluding hydrogens is 356 g/mol. The van der Waals surface area contributed by atoms with Crippen LogP contribution in [0.1, 0.15) is 22.6 Å². The molecule has 0 saturated heterocycles. The maximum atomic E-state index is 12.0. The zero-order chi connectivity index (χ0) is 19.1. The van der Waals surface area contributed by atoms with E-state index in [2.05, 4.69) is 28.5 Å². The van der Waals surface area contributed by atoms with Crippen molar-refractivity contribution < 1.29 is 9.21 Å². The summed E-state index contributed by atoms with van der Waals surface area (Å²) in [6.45, 7) is 4.62. The van der Waals surface area contributed by atoms with E-state index in [9.17, 15) is 4.79 Å². The Bertz CT molecular complexity index is 890. The molecule has 3 rings (SSSR count). The summed E-state index contributed by atoms with van der Waals surface area (Å²) in [5.74, 6) is 2.58. The second-order valence-corrected chi connectivity index (χ2v) is 7.46. The highest BCUT2D eigenvalue weighted by Crippen LogP contribution is 2.24. The van der Waals surface area contributed by atoms with Gasteiger partial charge in [0.15, 0.2) is 0 Å². The SMILES string of the molecule is Cc1cccc(-c2nc(CSCC(=O)NCCc3ccccc3)c(C)o2)c1. The van der Waals surface area contributed by atoms with Crippen LogP contribution in [0, 0.1) is 13.8 Å². The number of carbonyl (C=O) groups is 1. The van der Waals surface area contributed by atoms with Crippen molar-refractivity contribution in [3.63, 3.8) is 0 Å². The number of aromatic nitrogens is 1. The van der Waals surface area contributed by atoms with Crippen LogP contribution in [-0.2, 0) is 17.0 Å². The highest BCUT2D eigenvalue weighted by atomic mass is 32.2. The van der Waals surface area contributed by atoms with Gasteiger partial charge in [-0.2, -0.15) is 0 Å². The van der Waals surface area contributed by atoms with Crippen LogP contribution in [0.4, 0.5) is 0 Å². The zero-order valence-corrected chi connectivity index (χ0v) is 16.5. The van der Waals surface area contributed by atoms with Crippen molar-refractivity contribution >= 4 is 17.7 Å². The maximum Gasteiger partial charge on any atom is 0.230 e. The fraction of sp³-hybridized carbons (Fsp3) is 0.273. The monoisotopic (exact) mass is 380 g/mol. The van der Waals surface area contributed by atoms with Gasteiger partial charge in [-0.3, -0.25) is 4.79 Å². The Labute approximate surface area is 164 Å². The van der Waals surface area contributed by atoms with Crippen LogP contribution in [0.5, 0.6) is 0 Å². The summed E-state index contributed by atoms with van der Waals surface area (Å²) < 4.78 is 5.80. The molecule has 2 aromatic carbocycles. The van der Waals surface area contributed by atoms with Gasteiger partial charge in [0.1, 0.15) is 5.76 Å². The molecule has 0 unspecified atom stereocenters. The fourth-order valence-electron chi connectivity index (χ4n) is 2.75. The molecule has 0 saturated carbocycles. The molecule has 0 aliphatic carbocycles. The number of nitrogens with zero attached hydrogens (tertiary/aromatic N) is 1. The van der Waals surface area contributed by atoms with Crippen LogP contribution >= 0.6 is 11.8 Å². The molecule has 3 aromatic rings. The number of carbonyl (C=O) groups excluding carboxylic acids is 1. The largest absolute Gasteiger partial charge is 0.441 e. The first-order valence-corrected chi connectivity index (χ1v) is 10.2. The lowest BCUT2D eigenvalue weighted by Gasteiger charge is -2.05. The van der Waals surface area contributed by atoms with Gasteiger partial charge in [0.2, 0.25) is 11.8 Å². The van der Waals surface area contributed by atoms with E-state index in [4.69, 9.17) is 4.42 Å². The molecule has 1 heterocycles. The average molecular weight is 381 g/mol. The minimum atomic E-state index is 0.0518. The highest BCUT2D eigenvalue weighted by molar-refractivity contribution is 7.99. The molecule has 0 bridgehead atoms. The van der Waals surface area contributed by atoms with Gasteiger partial charge in [0.05, 0.1) is 11.4 Å². The molecule has 5 heteroatoms. The molecule has 27 heavy (non-hydrogen) atoms. The van der Waals surface area contributed by atoms with E-state index in [1.165, 1.54) is 11.1 Å². The molecule has 0 radical (unpaired) electrons. The average Bonchev–Trinajstić information content (AvgIpc) is 3.03. The quantitative estimate of drug-likeness (QED) is 0.623. The molecule has 0 fully saturated rings. The summed E-state index contributed by atoms with van der Waals surface area (Å²) in [6, 6.07) is 18.3. The van der Waals surface area contributed by atoms with Gasteiger partial charge < -0.3 is 9.73 Å². The van der Waals surface area contributed by atoms with Crippen molar-refractivity contribution in [2.45, 2.75) is 26.0 Å². The Balaban J connectivity index is 1.44. The molecular formula is C22H24N2O2S. The topological polar surface area (TPSA) is 55.1 Å². The molecule has 1 N–H and O–H groups in total. The van der Waals surface area contributed by atoms with Crippen LogP contribution in [0.25, 0.3) is 11.5 Å². The van der Waals surface area contributed by atoms with E-state index >= 15 is 0 Å². The summed E-state index contributed by atoms with van der Waals surface area (Å²) >= 11 is 1.55. The first-order chi connectivity index (χ1) is 13.1. The van der Waals surface area contributed by atoms with Crippen LogP contribution in [0.2, 0.25) is 0 Å². The van der Waals surface area contributed by atoms with Gasteiger partial charge in [-0.1, -0.05) is 48.0 Å². The molecule has 1 aromatic heterocycles. The number of amides is 1. The van der Waals surface area contributed by atoms with Crippen molar-refractivity contribution in [1.82, 2.24) is 10.3 Å². The minimum absolute atomic E-state index is 0.0518. The first-order valence-electron chi connectivity index (χ1n) is 9.03. The second kappa shape index (κ2) is 9.42. The Morgan fingerprint density at radius 3 is 2.70 bits per heavy atom. The summed E-state index contributed by atoms with van der Waals surface area (Å²) in [6.07, 6.45) is 0.847. The molecule has 0 atom stereocenters. The number of rotatable bonds is 8. The van der Waals surface area contributed by atoms with Crippen LogP contribution in [0.3, 0.4) is 0 Å². The highest BCUT2D eigenvalue weighted by Gasteiger charge is 2.12. The lowest BCUT2D eigenvalue weighted by Crippen LogP contribution is -2.27. The Kier molecular flexibility index (Phi) is 6.71. The molecule has 0 spiro atoms. The Hall–Kier alpha value is -2.53. The normalized spacial score (nSPS) is 10.7. The smallest absolute Gasteiger partial charge is 0.230 e. The first kappa shape index (κ1) is 19.2. The second-order valence-electron chi connectivity index (χ2n) is 6.47. The van der Waals surface area contributed by atoms with Gasteiger partial charge in [-0.25, -0.2) is 4.98 Å². The predicted octanol–water partition coefficient (Wildman–Crippen LogP) is 4.55. The zero-order valence-electron chi connectivity index (χ0n) is 15.7. The number of nitrogens with one attached hydrogen (secondary N) is 1. The lowest BCUT2D eigenvalue weighted by molar-refractivity contribution is -0.118. The predicted molar refractivity (Wildman–Crippen MR) is 111 cm³/mol. The maximum absolute atomic E-state index is 12.0. The molecule has 1 amide bonds. The summed E-state index contributed by atoms with van der Waals surface area (Å²) in [5.41, 5.74) is 4.28. The number of thioether (sulfide) groups is 1. The van der Waals surface area contributed by atoms with Gasteiger partial charge in [-0.15, -0.1) is 11.8 Å². The minimum Gasteiger partial charge on any atom is -0.441 e. The summed E-state index contributed by atoms with van der Waals surface area (Å²) in [4.78, 5) is 16.6. The fourth-order valence-corrected chi connectivity index (χ4v) is 3.60. The third kappa shape index (κ3) is 5.73. The van der Waals surface area contributed by atoms with Gasteiger partial charge >= 0.3 is 0 Å². The van der Waals surface area contributed by atoms with Gasteiger partial charge in [0, 0.05) is 17.9 Å². The van der Waals surface area contributed by atoms with Crippen LogP contribution in [0.15, 0.2) is 59.0 Å². The Morgan fingerprint density at radius 1 is 1.11 bits per heavy atom. The lowest BCUT2D eigenvalue weighted by atomic mass is 10.1. The number of aryl methyl sites for hydroxylation is 2. The van der Waals surface area contributed by atoms with Crippen molar-refractivity contribution in [1.29, 1.82) is 0 Å².